The summed E-state index contributed by atoms with van der Waals surface area (Å²) in [6.45, 7) is 1.98. The van der Waals surface area contributed by atoms with Gasteiger partial charge in [-0.05, 0) is 30.0 Å². The number of sulfonamides is 1. The van der Waals surface area contributed by atoms with Gasteiger partial charge in [-0.15, -0.1) is 0 Å². The molecule has 1 atom stereocenters. The molecule has 1 fully saturated rings. The molecule has 0 radical (unpaired) electrons. The zero-order valence-corrected chi connectivity index (χ0v) is 18.0. The molecule has 0 saturated carbocycles. The molecule has 2 heterocycles. The predicted molar refractivity (Wildman–Crippen MR) is 117 cm³/mol. The van der Waals surface area contributed by atoms with Crippen molar-refractivity contribution in [2.24, 2.45) is 5.92 Å². The quantitative estimate of drug-likeness (QED) is 0.681. The Bertz CT molecular complexity index is 1050. The van der Waals surface area contributed by atoms with Gasteiger partial charge in [0.25, 0.3) is 0 Å². The molecule has 0 amide bonds. The molecular weight excluding hydrogens is 423 g/mol. The average Bonchev–Trinajstić information content (AvgIpc) is 3.23. The van der Waals surface area contributed by atoms with E-state index in [4.69, 9.17) is 0 Å². The lowest BCUT2D eigenvalue weighted by molar-refractivity contribution is 0.389. The maximum atomic E-state index is 13.0. The monoisotopic (exact) mass is 446 g/mol. The van der Waals surface area contributed by atoms with E-state index in [1.165, 1.54) is 33.4 Å². The standard InChI is InChI=1S/C21H23FN4O2S2/c22-19-8-6-18(7-9-19)16-20-23-21(29-24-20)25-11-13-26(14-12-25)30(27,28)15-10-17-4-2-1-3-5-17/h1-4,6-10,15,17H,5,11-14,16H2/b15-10+. The summed E-state index contributed by atoms with van der Waals surface area (Å²) in [6, 6.07) is 6.31. The van der Waals surface area contributed by atoms with E-state index in [-0.39, 0.29) is 11.7 Å². The van der Waals surface area contributed by atoms with Crippen molar-refractivity contribution in [1.29, 1.82) is 0 Å². The molecule has 1 aliphatic heterocycles. The summed E-state index contributed by atoms with van der Waals surface area (Å²) >= 11 is 1.31. The molecular formula is C21H23FN4O2S2. The van der Waals surface area contributed by atoms with Crippen molar-refractivity contribution in [3.8, 4) is 0 Å². The molecule has 1 unspecified atom stereocenters. The Kier molecular flexibility index (Phi) is 6.40. The highest BCUT2D eigenvalue weighted by atomic mass is 32.2. The third-order valence-electron chi connectivity index (χ3n) is 5.11. The topological polar surface area (TPSA) is 66.4 Å². The van der Waals surface area contributed by atoms with E-state index in [9.17, 15) is 12.8 Å². The molecule has 9 heteroatoms. The lowest BCUT2D eigenvalue weighted by Gasteiger charge is -2.32. The van der Waals surface area contributed by atoms with Gasteiger partial charge in [-0.1, -0.05) is 42.5 Å². The summed E-state index contributed by atoms with van der Waals surface area (Å²) in [5, 5.41) is 2.13. The molecule has 2 aromatic rings. The van der Waals surface area contributed by atoms with Crippen LogP contribution in [-0.2, 0) is 16.4 Å². The summed E-state index contributed by atoms with van der Waals surface area (Å²) in [5.41, 5.74) is 0.951. The number of allylic oxidation sites excluding steroid dienone is 5. The Hall–Kier alpha value is -2.36. The number of anilines is 1. The molecule has 158 valence electrons. The van der Waals surface area contributed by atoms with Gasteiger partial charge >= 0.3 is 0 Å². The molecule has 6 nitrogen and oxygen atoms in total. The van der Waals surface area contributed by atoms with E-state index in [0.29, 0.717) is 38.4 Å². The van der Waals surface area contributed by atoms with E-state index in [0.717, 1.165) is 17.1 Å². The predicted octanol–water partition coefficient (Wildman–Crippen LogP) is 3.37. The van der Waals surface area contributed by atoms with Crippen molar-refractivity contribution in [3.05, 3.63) is 77.3 Å². The highest BCUT2D eigenvalue weighted by Gasteiger charge is 2.26. The minimum absolute atomic E-state index is 0.131. The molecule has 30 heavy (non-hydrogen) atoms. The zero-order valence-electron chi connectivity index (χ0n) is 16.4. The fourth-order valence-electron chi connectivity index (χ4n) is 3.39. The van der Waals surface area contributed by atoms with E-state index < -0.39 is 10.0 Å². The van der Waals surface area contributed by atoms with Crippen LogP contribution in [0.2, 0.25) is 0 Å². The SMILES string of the molecule is O=S(=O)(/C=C/C1C=CC=CC1)N1CCN(c2nc(Cc3ccc(F)cc3)ns2)CC1. The number of hydrogen-bond donors (Lipinski definition) is 0. The minimum Gasteiger partial charge on any atom is -0.344 e. The molecule has 0 N–H and O–H groups in total. The summed E-state index contributed by atoms with van der Waals surface area (Å²) in [6.07, 6.45) is 11.1. The van der Waals surface area contributed by atoms with Crippen LogP contribution in [0.3, 0.4) is 0 Å². The number of nitrogens with zero attached hydrogens (tertiary/aromatic N) is 4. The van der Waals surface area contributed by atoms with Crippen molar-refractivity contribution in [2.75, 3.05) is 31.1 Å². The Labute approximate surface area is 180 Å². The fraction of sp³-hybridized carbons (Fsp3) is 0.333. The van der Waals surface area contributed by atoms with Crippen LogP contribution in [0.4, 0.5) is 9.52 Å². The molecule has 2 aliphatic rings. The lowest BCUT2D eigenvalue weighted by atomic mass is 10.0. The van der Waals surface area contributed by atoms with E-state index >= 15 is 0 Å². The molecule has 1 aliphatic carbocycles. The number of halogens is 1. The van der Waals surface area contributed by atoms with Crippen LogP contribution < -0.4 is 4.90 Å². The largest absolute Gasteiger partial charge is 0.344 e. The number of aromatic nitrogens is 2. The van der Waals surface area contributed by atoms with Crippen LogP contribution >= 0.6 is 11.5 Å². The van der Waals surface area contributed by atoms with Gasteiger partial charge in [-0.25, -0.2) is 17.8 Å². The van der Waals surface area contributed by atoms with E-state index in [1.54, 1.807) is 18.2 Å². The normalized spacial score (nSPS) is 20.3. The van der Waals surface area contributed by atoms with Crippen LogP contribution in [0.15, 0.2) is 60.1 Å². The Morgan fingerprint density at radius 1 is 1.13 bits per heavy atom. The van der Waals surface area contributed by atoms with Crippen molar-refractivity contribution in [2.45, 2.75) is 12.8 Å². The van der Waals surface area contributed by atoms with E-state index in [1.807, 2.05) is 24.3 Å². The minimum atomic E-state index is -3.42. The van der Waals surface area contributed by atoms with Crippen LogP contribution in [0, 0.1) is 11.7 Å². The number of hydrogen-bond acceptors (Lipinski definition) is 6. The first-order valence-corrected chi connectivity index (χ1v) is 12.1. The van der Waals surface area contributed by atoms with Gasteiger partial charge in [-0.2, -0.15) is 8.68 Å². The summed E-state index contributed by atoms with van der Waals surface area (Å²) < 4.78 is 44.2. The maximum absolute atomic E-state index is 13.0. The van der Waals surface area contributed by atoms with Gasteiger partial charge in [0.05, 0.1) is 0 Å². The van der Waals surface area contributed by atoms with Gasteiger partial charge in [-0.3, -0.25) is 0 Å². The first kappa shape index (κ1) is 20.9. The van der Waals surface area contributed by atoms with Gasteiger partial charge in [0.1, 0.15) is 11.6 Å². The van der Waals surface area contributed by atoms with E-state index in [2.05, 4.69) is 14.3 Å². The third kappa shape index (κ3) is 5.21. The molecule has 0 bridgehead atoms. The first-order chi connectivity index (χ1) is 14.5. The van der Waals surface area contributed by atoms with Gasteiger partial charge in [0.15, 0.2) is 0 Å². The zero-order chi connectivity index (χ0) is 21.0. The molecule has 4 rings (SSSR count). The lowest BCUT2D eigenvalue weighted by Crippen LogP contribution is -2.48. The van der Waals surface area contributed by atoms with Crippen LogP contribution in [0.1, 0.15) is 17.8 Å². The Morgan fingerprint density at radius 3 is 2.60 bits per heavy atom. The van der Waals surface area contributed by atoms with Crippen molar-refractivity contribution >= 4 is 26.7 Å². The van der Waals surface area contributed by atoms with Crippen molar-refractivity contribution in [3.63, 3.8) is 0 Å². The number of rotatable bonds is 6. The van der Waals surface area contributed by atoms with Gasteiger partial charge in [0, 0.05) is 49.5 Å². The highest BCUT2D eigenvalue weighted by molar-refractivity contribution is 7.92. The highest BCUT2D eigenvalue weighted by Crippen LogP contribution is 2.22. The van der Waals surface area contributed by atoms with Crippen LogP contribution in [0.5, 0.6) is 0 Å². The number of piperazine rings is 1. The first-order valence-electron chi connectivity index (χ1n) is 9.83. The Morgan fingerprint density at radius 2 is 1.90 bits per heavy atom. The smallest absolute Gasteiger partial charge is 0.236 e. The maximum Gasteiger partial charge on any atom is 0.236 e. The fourth-order valence-corrected chi connectivity index (χ4v) is 5.37. The molecule has 1 aromatic heterocycles. The number of benzene rings is 1. The van der Waals surface area contributed by atoms with Gasteiger partial charge < -0.3 is 4.90 Å². The average molecular weight is 447 g/mol. The van der Waals surface area contributed by atoms with Gasteiger partial charge in [0.2, 0.25) is 15.2 Å². The molecule has 1 saturated heterocycles. The second-order valence-corrected chi connectivity index (χ2v) is 9.82. The summed E-state index contributed by atoms with van der Waals surface area (Å²) in [7, 11) is -3.42. The molecule has 1 aromatic carbocycles. The third-order valence-corrected chi connectivity index (χ3v) is 7.51. The molecule has 0 spiro atoms. The van der Waals surface area contributed by atoms with Crippen LogP contribution in [-0.4, -0.2) is 48.3 Å². The second-order valence-electron chi connectivity index (χ2n) is 7.27. The van der Waals surface area contributed by atoms with Crippen molar-refractivity contribution in [1.82, 2.24) is 13.7 Å². The van der Waals surface area contributed by atoms with Crippen LogP contribution in [0.25, 0.3) is 0 Å². The summed E-state index contributed by atoms with van der Waals surface area (Å²) in [5.74, 6) is 0.557. The van der Waals surface area contributed by atoms with Crippen molar-refractivity contribution < 1.29 is 12.8 Å². The Balaban J connectivity index is 1.32. The second kappa shape index (κ2) is 9.20. The summed E-state index contributed by atoms with van der Waals surface area (Å²) in [4.78, 5) is 6.65.